The number of nitrogens with one attached hydrogen (secondary N) is 1. The van der Waals surface area contributed by atoms with Gasteiger partial charge >= 0.3 is 0 Å². The van der Waals surface area contributed by atoms with E-state index in [1.54, 1.807) is 0 Å². The first-order chi connectivity index (χ1) is 6.84. The van der Waals surface area contributed by atoms with E-state index in [0.717, 1.165) is 18.6 Å². The van der Waals surface area contributed by atoms with E-state index in [9.17, 15) is 0 Å². The molecule has 2 heteroatoms. The highest BCUT2D eigenvalue weighted by molar-refractivity contribution is 4.82. The van der Waals surface area contributed by atoms with E-state index in [0.29, 0.717) is 6.10 Å². The van der Waals surface area contributed by atoms with Crippen molar-refractivity contribution in [3.05, 3.63) is 0 Å². The summed E-state index contributed by atoms with van der Waals surface area (Å²) in [6.45, 7) is 4.53. The smallest absolute Gasteiger partial charge is 0.0576 e. The van der Waals surface area contributed by atoms with Crippen molar-refractivity contribution in [3.63, 3.8) is 0 Å². The molecule has 0 aromatic heterocycles. The van der Waals surface area contributed by atoms with E-state index >= 15 is 0 Å². The van der Waals surface area contributed by atoms with Crippen molar-refractivity contribution in [1.29, 1.82) is 0 Å². The van der Waals surface area contributed by atoms with Crippen LogP contribution in [0.1, 0.15) is 45.4 Å². The van der Waals surface area contributed by atoms with Crippen molar-refractivity contribution >= 4 is 0 Å². The summed E-state index contributed by atoms with van der Waals surface area (Å²) in [5.74, 6) is 0.964. The predicted molar refractivity (Wildman–Crippen MR) is 58.4 cm³/mol. The summed E-state index contributed by atoms with van der Waals surface area (Å²) < 4.78 is 5.59. The lowest BCUT2D eigenvalue weighted by Crippen LogP contribution is -2.40. The average molecular weight is 197 g/mol. The molecule has 14 heavy (non-hydrogen) atoms. The van der Waals surface area contributed by atoms with Gasteiger partial charge in [0.05, 0.1) is 6.10 Å². The van der Waals surface area contributed by atoms with E-state index in [2.05, 4.69) is 12.2 Å². The van der Waals surface area contributed by atoms with Crippen molar-refractivity contribution < 1.29 is 4.74 Å². The Labute approximate surface area is 87.4 Å². The zero-order valence-corrected chi connectivity index (χ0v) is 9.30. The molecule has 0 radical (unpaired) electrons. The molecule has 2 rings (SSSR count). The minimum atomic E-state index is 0.581. The average Bonchev–Trinajstić information content (AvgIpc) is 2.61. The molecule has 1 unspecified atom stereocenters. The lowest BCUT2D eigenvalue weighted by Gasteiger charge is -2.33. The Morgan fingerprint density at radius 3 is 2.86 bits per heavy atom. The van der Waals surface area contributed by atoms with Crippen molar-refractivity contribution in [2.45, 2.75) is 57.6 Å². The molecule has 0 bridgehead atoms. The van der Waals surface area contributed by atoms with E-state index in [1.807, 2.05) is 0 Å². The van der Waals surface area contributed by atoms with Crippen molar-refractivity contribution in [1.82, 2.24) is 5.32 Å². The van der Waals surface area contributed by atoms with Gasteiger partial charge in [0.25, 0.3) is 0 Å². The zero-order chi connectivity index (χ0) is 9.80. The topological polar surface area (TPSA) is 21.3 Å². The van der Waals surface area contributed by atoms with Gasteiger partial charge in [-0.2, -0.15) is 0 Å². The highest BCUT2D eigenvalue weighted by Gasteiger charge is 2.24. The van der Waals surface area contributed by atoms with E-state index < -0.39 is 0 Å². The quantitative estimate of drug-likeness (QED) is 0.683. The molecule has 1 aliphatic carbocycles. The summed E-state index contributed by atoms with van der Waals surface area (Å²) in [7, 11) is 0. The van der Waals surface area contributed by atoms with E-state index in [-0.39, 0.29) is 0 Å². The number of rotatable bonds is 5. The molecule has 1 saturated heterocycles. The fraction of sp³-hybridized carbons (Fsp3) is 1.00. The highest BCUT2D eigenvalue weighted by Crippen LogP contribution is 2.26. The molecular formula is C12H23NO. The molecule has 1 heterocycles. The molecule has 2 aliphatic rings. The monoisotopic (exact) mass is 197 g/mol. The third-order valence-electron chi connectivity index (χ3n) is 3.53. The van der Waals surface area contributed by atoms with Gasteiger partial charge in [-0.05, 0) is 51.0 Å². The molecule has 0 aromatic carbocycles. The van der Waals surface area contributed by atoms with Crippen LogP contribution in [0.3, 0.4) is 0 Å². The second-order valence-electron chi connectivity index (χ2n) is 5.00. The Balaban J connectivity index is 1.43. The third kappa shape index (κ3) is 2.96. The summed E-state index contributed by atoms with van der Waals surface area (Å²) in [6.07, 6.45) is 8.47. The van der Waals surface area contributed by atoms with Crippen LogP contribution in [-0.2, 0) is 4.74 Å². The van der Waals surface area contributed by atoms with Crippen molar-refractivity contribution in [3.8, 4) is 0 Å². The highest BCUT2D eigenvalue weighted by atomic mass is 16.5. The molecule has 0 spiro atoms. The normalized spacial score (nSPS) is 37.1. The lowest BCUT2D eigenvalue weighted by atomic mass is 9.82. The van der Waals surface area contributed by atoms with Crippen LogP contribution in [0.4, 0.5) is 0 Å². The standard InChI is InChI=1S/C12H23NO/c1-10-8-11(9-10)13-6-2-4-12-5-3-7-14-12/h10-13H,2-9H2,1H3. The Bertz CT molecular complexity index is 160. The van der Waals surface area contributed by atoms with Gasteiger partial charge in [-0.25, -0.2) is 0 Å². The van der Waals surface area contributed by atoms with Crippen molar-refractivity contribution in [2.24, 2.45) is 5.92 Å². The van der Waals surface area contributed by atoms with Crippen LogP contribution in [0.2, 0.25) is 0 Å². The van der Waals surface area contributed by atoms with Gasteiger partial charge in [0, 0.05) is 12.6 Å². The van der Waals surface area contributed by atoms with Crippen LogP contribution in [-0.4, -0.2) is 25.3 Å². The fourth-order valence-corrected chi connectivity index (χ4v) is 2.58. The Morgan fingerprint density at radius 1 is 1.36 bits per heavy atom. The minimum Gasteiger partial charge on any atom is -0.378 e. The van der Waals surface area contributed by atoms with Crippen LogP contribution in [0.25, 0.3) is 0 Å². The molecule has 1 N–H and O–H groups in total. The number of hydrogen-bond donors (Lipinski definition) is 1. The Morgan fingerprint density at radius 2 is 2.21 bits per heavy atom. The molecule has 0 amide bonds. The van der Waals surface area contributed by atoms with Crippen molar-refractivity contribution in [2.75, 3.05) is 13.2 Å². The Kier molecular flexibility index (Phi) is 3.82. The first-order valence-corrected chi connectivity index (χ1v) is 6.19. The minimum absolute atomic E-state index is 0.581. The summed E-state index contributed by atoms with van der Waals surface area (Å²) in [5.41, 5.74) is 0. The molecule has 1 aliphatic heterocycles. The van der Waals surface area contributed by atoms with Crippen LogP contribution >= 0.6 is 0 Å². The molecule has 0 aromatic rings. The maximum absolute atomic E-state index is 5.59. The van der Waals surface area contributed by atoms with Crippen LogP contribution in [0.5, 0.6) is 0 Å². The summed E-state index contributed by atoms with van der Waals surface area (Å²) in [4.78, 5) is 0. The fourth-order valence-electron chi connectivity index (χ4n) is 2.58. The van der Waals surface area contributed by atoms with Gasteiger partial charge in [0.2, 0.25) is 0 Å². The van der Waals surface area contributed by atoms with Crippen LogP contribution in [0.15, 0.2) is 0 Å². The second-order valence-corrected chi connectivity index (χ2v) is 5.00. The largest absolute Gasteiger partial charge is 0.378 e. The van der Waals surface area contributed by atoms with Crippen LogP contribution in [0, 0.1) is 5.92 Å². The van der Waals surface area contributed by atoms with Gasteiger partial charge in [-0.3, -0.25) is 0 Å². The summed E-state index contributed by atoms with van der Waals surface area (Å²) in [5, 5.41) is 3.62. The first kappa shape index (κ1) is 10.4. The van der Waals surface area contributed by atoms with Gasteiger partial charge in [-0.1, -0.05) is 6.92 Å². The number of ether oxygens (including phenoxy) is 1. The van der Waals surface area contributed by atoms with Gasteiger partial charge in [0.15, 0.2) is 0 Å². The molecule has 82 valence electrons. The van der Waals surface area contributed by atoms with Gasteiger partial charge < -0.3 is 10.1 Å². The van der Waals surface area contributed by atoms with E-state index in [4.69, 9.17) is 4.74 Å². The molecule has 2 fully saturated rings. The molecule has 2 nitrogen and oxygen atoms in total. The maximum atomic E-state index is 5.59. The predicted octanol–water partition coefficient (Wildman–Crippen LogP) is 2.33. The second kappa shape index (κ2) is 5.13. The van der Waals surface area contributed by atoms with E-state index in [1.165, 1.54) is 45.1 Å². The zero-order valence-electron chi connectivity index (χ0n) is 9.30. The molecule has 1 saturated carbocycles. The van der Waals surface area contributed by atoms with Gasteiger partial charge in [-0.15, -0.1) is 0 Å². The summed E-state index contributed by atoms with van der Waals surface area (Å²) in [6, 6.07) is 0.828. The summed E-state index contributed by atoms with van der Waals surface area (Å²) >= 11 is 0. The Hall–Kier alpha value is -0.0800. The molecular weight excluding hydrogens is 174 g/mol. The lowest BCUT2D eigenvalue weighted by molar-refractivity contribution is 0.101. The molecule has 1 atom stereocenters. The first-order valence-electron chi connectivity index (χ1n) is 6.19. The maximum Gasteiger partial charge on any atom is 0.0576 e. The van der Waals surface area contributed by atoms with Gasteiger partial charge in [0.1, 0.15) is 0 Å². The number of hydrogen-bond acceptors (Lipinski definition) is 2. The SMILES string of the molecule is CC1CC(NCCCC2CCCO2)C1. The third-order valence-corrected chi connectivity index (χ3v) is 3.53. The van der Waals surface area contributed by atoms with Crippen LogP contribution < -0.4 is 5.32 Å².